The molecule has 0 radical (unpaired) electrons. The van der Waals surface area contributed by atoms with Crippen molar-refractivity contribution in [1.29, 1.82) is 0 Å². The fourth-order valence-corrected chi connectivity index (χ4v) is 5.94. The molecule has 0 aromatic heterocycles. The van der Waals surface area contributed by atoms with Crippen LogP contribution in [0.4, 0.5) is 18.9 Å². The molecule has 1 atom stereocenters. The number of unbranched alkanes of at least 4 members (excludes halogenated alkanes) is 1. The largest absolute Gasteiger partial charge is 0.416 e. The van der Waals surface area contributed by atoms with Crippen molar-refractivity contribution < 1.29 is 31.2 Å². The molecule has 12 heteroatoms. The summed E-state index contributed by atoms with van der Waals surface area (Å²) >= 11 is 6.37. The van der Waals surface area contributed by atoms with Gasteiger partial charge in [-0.1, -0.05) is 74.3 Å². The van der Waals surface area contributed by atoms with Crippen molar-refractivity contribution in [3.05, 3.63) is 95.0 Å². The Bertz CT molecular complexity index is 1470. The number of sulfonamides is 1. The molecular formula is C30H33ClF3N3O4S. The number of carbonyl (C=O) groups is 2. The van der Waals surface area contributed by atoms with Gasteiger partial charge in [-0.15, -0.1) is 0 Å². The second kappa shape index (κ2) is 14.6. The van der Waals surface area contributed by atoms with Crippen LogP contribution >= 0.6 is 11.6 Å². The first-order valence-electron chi connectivity index (χ1n) is 13.5. The number of benzene rings is 3. The van der Waals surface area contributed by atoms with Gasteiger partial charge < -0.3 is 10.2 Å². The Morgan fingerprint density at radius 2 is 1.62 bits per heavy atom. The number of hydrogen-bond donors (Lipinski definition) is 1. The van der Waals surface area contributed by atoms with Crippen LogP contribution in [-0.2, 0) is 32.3 Å². The van der Waals surface area contributed by atoms with Crippen LogP contribution < -0.4 is 9.62 Å². The second-order valence-corrected chi connectivity index (χ2v) is 11.8. The minimum atomic E-state index is -4.75. The van der Waals surface area contributed by atoms with Crippen molar-refractivity contribution in [1.82, 2.24) is 10.2 Å². The van der Waals surface area contributed by atoms with Crippen molar-refractivity contribution in [2.75, 3.05) is 17.4 Å². The van der Waals surface area contributed by atoms with E-state index in [-0.39, 0.29) is 23.5 Å². The van der Waals surface area contributed by atoms with Gasteiger partial charge in [0.2, 0.25) is 11.8 Å². The number of carbonyl (C=O) groups excluding carboxylic acids is 2. The van der Waals surface area contributed by atoms with Crippen molar-refractivity contribution in [2.24, 2.45) is 0 Å². The lowest BCUT2D eigenvalue weighted by atomic mass is 10.1. The fourth-order valence-electron chi connectivity index (χ4n) is 4.32. The Hall–Kier alpha value is -3.57. The van der Waals surface area contributed by atoms with Crippen LogP contribution in [-0.4, -0.2) is 44.3 Å². The molecule has 0 saturated heterocycles. The molecule has 42 heavy (non-hydrogen) atoms. The number of nitrogens with zero attached hydrogens (tertiary/aromatic N) is 2. The minimum absolute atomic E-state index is 0.125. The average Bonchev–Trinajstić information content (AvgIpc) is 2.96. The average molecular weight is 624 g/mol. The van der Waals surface area contributed by atoms with E-state index in [4.69, 9.17) is 11.6 Å². The van der Waals surface area contributed by atoms with Gasteiger partial charge in [-0.2, -0.15) is 13.2 Å². The van der Waals surface area contributed by atoms with E-state index in [0.29, 0.717) is 27.5 Å². The third-order valence-electron chi connectivity index (χ3n) is 6.59. The third kappa shape index (κ3) is 8.25. The van der Waals surface area contributed by atoms with E-state index in [1.54, 1.807) is 37.3 Å². The van der Waals surface area contributed by atoms with Crippen molar-refractivity contribution in [3.8, 4) is 0 Å². The predicted molar refractivity (Wildman–Crippen MR) is 156 cm³/mol. The smallest absolute Gasteiger partial charge is 0.354 e. The van der Waals surface area contributed by atoms with Crippen LogP contribution in [0.1, 0.15) is 44.2 Å². The molecule has 0 aliphatic heterocycles. The number of nitrogens with one attached hydrogen (secondary N) is 1. The van der Waals surface area contributed by atoms with Gasteiger partial charge in [-0.25, -0.2) is 8.42 Å². The molecule has 0 unspecified atom stereocenters. The molecule has 3 rings (SSSR count). The molecule has 7 nitrogen and oxygen atoms in total. The molecule has 0 bridgehead atoms. The van der Waals surface area contributed by atoms with Gasteiger partial charge in [-0.05, 0) is 54.8 Å². The monoisotopic (exact) mass is 623 g/mol. The Labute approximate surface area is 249 Å². The number of amides is 2. The van der Waals surface area contributed by atoms with Crippen molar-refractivity contribution >= 4 is 39.1 Å². The lowest BCUT2D eigenvalue weighted by Crippen LogP contribution is -2.52. The number of rotatable bonds is 13. The Morgan fingerprint density at radius 1 is 0.952 bits per heavy atom. The number of hydrogen-bond acceptors (Lipinski definition) is 4. The zero-order chi connectivity index (χ0) is 30.9. The van der Waals surface area contributed by atoms with E-state index in [1.807, 2.05) is 6.92 Å². The highest BCUT2D eigenvalue weighted by Gasteiger charge is 2.36. The van der Waals surface area contributed by atoms with E-state index < -0.39 is 46.2 Å². The highest BCUT2D eigenvalue weighted by molar-refractivity contribution is 7.92. The molecule has 0 spiro atoms. The molecule has 3 aromatic rings. The van der Waals surface area contributed by atoms with Crippen LogP contribution in [0.5, 0.6) is 0 Å². The normalized spacial score (nSPS) is 12.4. The summed E-state index contributed by atoms with van der Waals surface area (Å²) in [6.07, 6.45) is -2.99. The van der Waals surface area contributed by atoms with Gasteiger partial charge >= 0.3 is 6.18 Å². The maximum absolute atomic E-state index is 14.0. The summed E-state index contributed by atoms with van der Waals surface area (Å²) in [7, 11) is -4.50. The summed E-state index contributed by atoms with van der Waals surface area (Å²) in [6.45, 7) is 3.08. The predicted octanol–water partition coefficient (Wildman–Crippen LogP) is 6.28. The molecule has 1 N–H and O–H groups in total. The maximum atomic E-state index is 14.0. The van der Waals surface area contributed by atoms with Crippen LogP contribution in [0.25, 0.3) is 0 Å². The molecule has 2 amide bonds. The molecule has 3 aromatic carbocycles. The van der Waals surface area contributed by atoms with Crippen LogP contribution in [0, 0.1) is 0 Å². The van der Waals surface area contributed by atoms with E-state index in [2.05, 4.69) is 5.32 Å². The molecule has 0 fully saturated rings. The van der Waals surface area contributed by atoms with Gasteiger partial charge in [0.15, 0.2) is 0 Å². The highest BCUT2D eigenvalue weighted by atomic mass is 35.5. The van der Waals surface area contributed by atoms with Gasteiger partial charge in [-0.3, -0.25) is 13.9 Å². The van der Waals surface area contributed by atoms with Crippen LogP contribution in [0.2, 0.25) is 5.02 Å². The minimum Gasteiger partial charge on any atom is -0.354 e. The maximum Gasteiger partial charge on any atom is 0.416 e. The SMILES string of the molecule is CCCCNC(=O)[C@H](CC)N(Cc1ccccc1Cl)C(=O)CN(c1cccc(C(F)(F)F)c1)S(=O)(=O)c1ccccc1. The zero-order valence-electron chi connectivity index (χ0n) is 23.3. The first-order valence-corrected chi connectivity index (χ1v) is 15.3. The summed E-state index contributed by atoms with van der Waals surface area (Å²) in [5.41, 5.74) is -0.903. The van der Waals surface area contributed by atoms with E-state index in [1.165, 1.54) is 35.2 Å². The van der Waals surface area contributed by atoms with Gasteiger partial charge in [0.1, 0.15) is 12.6 Å². The van der Waals surface area contributed by atoms with Gasteiger partial charge in [0.05, 0.1) is 16.1 Å². The zero-order valence-corrected chi connectivity index (χ0v) is 24.8. The standard InChI is InChI=1S/C30H33ClF3N3O4S/c1-3-5-18-35-29(39)27(4-2)36(20-22-12-9-10-17-26(22)31)28(38)21-37(42(40,41)25-15-7-6-8-16-25)24-14-11-13-23(19-24)30(32,33)34/h6-17,19,27H,3-5,18,20-21H2,1-2H3,(H,35,39)/t27-/m0/s1. The third-order valence-corrected chi connectivity index (χ3v) is 8.74. The van der Waals surface area contributed by atoms with Crippen LogP contribution in [0.15, 0.2) is 83.8 Å². The Kier molecular flexibility index (Phi) is 11.4. The Morgan fingerprint density at radius 3 is 2.24 bits per heavy atom. The van der Waals surface area contributed by atoms with Crippen molar-refractivity contribution in [2.45, 2.75) is 56.8 Å². The quantitative estimate of drug-likeness (QED) is 0.227. The molecular weight excluding hydrogens is 591 g/mol. The van der Waals surface area contributed by atoms with E-state index in [9.17, 15) is 31.2 Å². The summed E-state index contributed by atoms with van der Waals surface area (Å²) < 4.78 is 69.0. The first-order chi connectivity index (χ1) is 19.9. The number of halogens is 4. The van der Waals surface area contributed by atoms with Crippen LogP contribution in [0.3, 0.4) is 0 Å². The molecule has 226 valence electrons. The first kappa shape index (κ1) is 32.9. The topological polar surface area (TPSA) is 86.8 Å². The number of anilines is 1. The molecule has 0 aliphatic rings. The van der Waals surface area contributed by atoms with Gasteiger partial charge in [0, 0.05) is 18.1 Å². The highest BCUT2D eigenvalue weighted by Crippen LogP contribution is 2.33. The summed E-state index contributed by atoms with van der Waals surface area (Å²) in [5.74, 6) is -1.22. The Balaban J connectivity index is 2.09. The number of alkyl halides is 3. The molecule has 0 heterocycles. The lowest BCUT2D eigenvalue weighted by molar-refractivity contribution is -0.140. The van der Waals surface area contributed by atoms with Crippen molar-refractivity contribution in [3.63, 3.8) is 0 Å². The molecule has 0 saturated carbocycles. The van der Waals surface area contributed by atoms with E-state index >= 15 is 0 Å². The summed E-state index contributed by atoms with van der Waals surface area (Å²) in [6, 6.07) is 16.6. The molecule has 0 aliphatic carbocycles. The fraction of sp³-hybridized carbons (Fsp3) is 0.333. The lowest BCUT2D eigenvalue weighted by Gasteiger charge is -2.33. The van der Waals surface area contributed by atoms with Gasteiger partial charge in [0.25, 0.3) is 10.0 Å². The summed E-state index contributed by atoms with van der Waals surface area (Å²) in [5, 5.41) is 3.15. The second-order valence-electron chi connectivity index (χ2n) is 9.55. The summed E-state index contributed by atoms with van der Waals surface area (Å²) in [4.78, 5) is 28.2. The van der Waals surface area contributed by atoms with E-state index in [0.717, 1.165) is 25.0 Å².